The third-order valence-electron chi connectivity index (χ3n) is 3.69. The maximum absolute atomic E-state index is 6.40. The van der Waals surface area contributed by atoms with E-state index in [2.05, 4.69) is 21.7 Å². The van der Waals surface area contributed by atoms with Gasteiger partial charge in [-0.3, -0.25) is 0 Å². The first kappa shape index (κ1) is 9.33. The summed E-state index contributed by atoms with van der Waals surface area (Å²) in [4.78, 5) is 0. The molecule has 1 heterocycles. The van der Waals surface area contributed by atoms with E-state index in [1.807, 2.05) is 6.92 Å². The molecule has 2 aliphatic carbocycles. The van der Waals surface area contributed by atoms with Gasteiger partial charge in [0, 0.05) is 6.04 Å². The average molecular weight is 206 g/mol. The minimum Gasteiger partial charge on any atom is -0.319 e. The maximum Gasteiger partial charge on any atom is 0.153 e. The fraction of sp³-hybridized carbons (Fsp3) is 0.818. The fourth-order valence-electron chi connectivity index (χ4n) is 2.37. The lowest BCUT2D eigenvalue weighted by Gasteiger charge is -2.24. The van der Waals surface area contributed by atoms with Crippen LogP contribution in [0.5, 0.6) is 0 Å². The van der Waals surface area contributed by atoms with Crippen molar-refractivity contribution >= 4 is 0 Å². The van der Waals surface area contributed by atoms with Gasteiger partial charge in [0.05, 0.1) is 5.54 Å². The van der Waals surface area contributed by atoms with Crippen molar-refractivity contribution in [1.82, 2.24) is 14.8 Å². The van der Waals surface area contributed by atoms with Crippen LogP contribution in [0.15, 0.2) is 0 Å². The van der Waals surface area contributed by atoms with Crippen molar-refractivity contribution in [3.05, 3.63) is 11.6 Å². The smallest absolute Gasteiger partial charge is 0.153 e. The number of aryl methyl sites for hydroxylation is 1. The van der Waals surface area contributed by atoms with Crippen LogP contribution in [0.3, 0.4) is 0 Å². The van der Waals surface area contributed by atoms with Crippen LogP contribution in [0.4, 0.5) is 0 Å². The van der Waals surface area contributed by atoms with Gasteiger partial charge in [0.15, 0.2) is 5.82 Å². The van der Waals surface area contributed by atoms with Gasteiger partial charge in [-0.05, 0) is 45.4 Å². The maximum atomic E-state index is 6.40. The van der Waals surface area contributed by atoms with E-state index in [0.717, 1.165) is 11.6 Å². The molecule has 1 aromatic rings. The van der Waals surface area contributed by atoms with Crippen LogP contribution in [0.2, 0.25) is 0 Å². The highest BCUT2D eigenvalue weighted by molar-refractivity contribution is 5.14. The summed E-state index contributed by atoms with van der Waals surface area (Å²) in [5.74, 6) is 2.63. The van der Waals surface area contributed by atoms with E-state index in [1.54, 1.807) is 0 Å². The third kappa shape index (κ3) is 1.39. The Morgan fingerprint density at radius 3 is 2.47 bits per heavy atom. The quantitative estimate of drug-likeness (QED) is 0.815. The zero-order valence-electron chi connectivity index (χ0n) is 9.40. The number of hydrogen-bond donors (Lipinski definition) is 1. The molecule has 0 aliphatic heterocycles. The van der Waals surface area contributed by atoms with Gasteiger partial charge in [0.1, 0.15) is 5.82 Å². The highest BCUT2D eigenvalue weighted by Gasteiger charge is 2.45. The molecule has 82 valence electrons. The molecule has 0 aromatic carbocycles. The number of aromatic nitrogens is 3. The van der Waals surface area contributed by atoms with Crippen molar-refractivity contribution in [1.29, 1.82) is 0 Å². The summed E-state index contributed by atoms with van der Waals surface area (Å²) < 4.78 is 2.26. The zero-order valence-corrected chi connectivity index (χ0v) is 9.40. The van der Waals surface area contributed by atoms with Gasteiger partial charge in [-0.1, -0.05) is 0 Å². The number of rotatable bonds is 3. The van der Waals surface area contributed by atoms with Gasteiger partial charge >= 0.3 is 0 Å². The SMILES string of the molecule is Cc1nnc(C(C)(N)C2CC2)n1C1CC1. The van der Waals surface area contributed by atoms with Crippen LogP contribution >= 0.6 is 0 Å². The molecule has 1 atom stereocenters. The Hall–Kier alpha value is -0.900. The van der Waals surface area contributed by atoms with Crippen molar-refractivity contribution in [2.75, 3.05) is 0 Å². The topological polar surface area (TPSA) is 56.7 Å². The Morgan fingerprint density at radius 2 is 1.93 bits per heavy atom. The van der Waals surface area contributed by atoms with Crippen LogP contribution < -0.4 is 5.73 Å². The van der Waals surface area contributed by atoms with Gasteiger partial charge in [-0.25, -0.2) is 0 Å². The van der Waals surface area contributed by atoms with E-state index < -0.39 is 0 Å². The summed E-state index contributed by atoms with van der Waals surface area (Å²) in [5, 5.41) is 8.49. The lowest BCUT2D eigenvalue weighted by molar-refractivity contribution is 0.378. The number of nitrogens with zero attached hydrogens (tertiary/aromatic N) is 3. The fourth-order valence-corrected chi connectivity index (χ4v) is 2.37. The molecule has 2 N–H and O–H groups in total. The first-order chi connectivity index (χ1) is 7.10. The van der Waals surface area contributed by atoms with Crippen LogP contribution in [-0.2, 0) is 5.54 Å². The van der Waals surface area contributed by atoms with Crippen LogP contribution in [-0.4, -0.2) is 14.8 Å². The van der Waals surface area contributed by atoms with Crippen molar-refractivity contribution in [2.45, 2.75) is 51.1 Å². The van der Waals surface area contributed by atoms with Crippen LogP contribution in [0.25, 0.3) is 0 Å². The Bertz CT molecular complexity index is 385. The monoisotopic (exact) mass is 206 g/mol. The van der Waals surface area contributed by atoms with Crippen molar-refractivity contribution in [2.24, 2.45) is 11.7 Å². The van der Waals surface area contributed by atoms with Crippen molar-refractivity contribution in [3.8, 4) is 0 Å². The van der Waals surface area contributed by atoms with Gasteiger partial charge in [-0.2, -0.15) is 0 Å². The first-order valence-corrected chi connectivity index (χ1v) is 5.81. The molecule has 2 saturated carbocycles. The highest BCUT2D eigenvalue weighted by Crippen LogP contribution is 2.46. The highest BCUT2D eigenvalue weighted by atomic mass is 15.3. The lowest BCUT2D eigenvalue weighted by atomic mass is 9.96. The van der Waals surface area contributed by atoms with E-state index >= 15 is 0 Å². The van der Waals surface area contributed by atoms with Gasteiger partial charge < -0.3 is 10.3 Å². The summed E-state index contributed by atoms with van der Waals surface area (Å²) >= 11 is 0. The van der Waals surface area contributed by atoms with Gasteiger partial charge in [0.25, 0.3) is 0 Å². The van der Waals surface area contributed by atoms with E-state index in [4.69, 9.17) is 5.73 Å². The van der Waals surface area contributed by atoms with E-state index in [0.29, 0.717) is 12.0 Å². The van der Waals surface area contributed by atoms with Crippen LogP contribution in [0.1, 0.15) is 50.3 Å². The summed E-state index contributed by atoms with van der Waals surface area (Å²) in [6.45, 7) is 4.13. The molecule has 0 saturated heterocycles. The summed E-state index contributed by atoms with van der Waals surface area (Å²) in [7, 11) is 0. The molecule has 0 bridgehead atoms. The van der Waals surface area contributed by atoms with E-state index in [-0.39, 0.29) is 5.54 Å². The second kappa shape index (κ2) is 2.82. The molecular weight excluding hydrogens is 188 g/mol. The number of hydrogen-bond acceptors (Lipinski definition) is 3. The summed E-state index contributed by atoms with van der Waals surface area (Å²) in [6.07, 6.45) is 4.99. The second-order valence-corrected chi connectivity index (χ2v) is 5.23. The largest absolute Gasteiger partial charge is 0.319 e. The predicted molar refractivity (Wildman–Crippen MR) is 57.3 cm³/mol. The average Bonchev–Trinajstić information content (AvgIpc) is 3.04. The van der Waals surface area contributed by atoms with E-state index in [1.165, 1.54) is 25.7 Å². The molecule has 4 heteroatoms. The first-order valence-electron chi connectivity index (χ1n) is 5.81. The second-order valence-electron chi connectivity index (χ2n) is 5.23. The van der Waals surface area contributed by atoms with Crippen molar-refractivity contribution in [3.63, 3.8) is 0 Å². The predicted octanol–water partition coefficient (Wildman–Crippen LogP) is 1.51. The lowest BCUT2D eigenvalue weighted by Crippen LogP contribution is -2.38. The molecule has 3 rings (SSSR count). The third-order valence-corrected chi connectivity index (χ3v) is 3.69. The molecule has 1 aromatic heterocycles. The Morgan fingerprint density at radius 1 is 1.27 bits per heavy atom. The number of nitrogens with two attached hydrogens (primary N) is 1. The standard InChI is InChI=1S/C11H18N4/c1-7-13-14-10(15(7)9-5-6-9)11(2,12)8-3-4-8/h8-9H,3-6,12H2,1-2H3. The van der Waals surface area contributed by atoms with Crippen molar-refractivity contribution < 1.29 is 0 Å². The molecule has 2 aliphatic rings. The van der Waals surface area contributed by atoms with Gasteiger partial charge in [-0.15, -0.1) is 10.2 Å². The molecule has 0 radical (unpaired) electrons. The van der Waals surface area contributed by atoms with Gasteiger partial charge in [0.2, 0.25) is 0 Å². The van der Waals surface area contributed by atoms with Crippen LogP contribution in [0, 0.1) is 12.8 Å². The van der Waals surface area contributed by atoms with E-state index in [9.17, 15) is 0 Å². The molecular formula is C11H18N4. The molecule has 4 nitrogen and oxygen atoms in total. The summed E-state index contributed by atoms with van der Waals surface area (Å²) in [5.41, 5.74) is 6.13. The Kier molecular flexibility index (Phi) is 1.75. The Balaban J connectivity index is 2.02. The molecule has 0 spiro atoms. The molecule has 2 fully saturated rings. The summed E-state index contributed by atoms with van der Waals surface area (Å²) in [6, 6.07) is 0.622. The molecule has 1 unspecified atom stereocenters. The molecule has 15 heavy (non-hydrogen) atoms. The molecule has 0 amide bonds. The zero-order chi connectivity index (χ0) is 10.6. The normalized spacial score (nSPS) is 25.3. The minimum atomic E-state index is -0.274. The Labute approximate surface area is 89.9 Å². The minimum absolute atomic E-state index is 0.274.